The number of rotatable bonds is 1. The number of carbonyl (C=O) groups is 1. The molecular formula is C11H18O. The molecule has 0 atom stereocenters. The summed E-state index contributed by atoms with van der Waals surface area (Å²) in [5, 5.41) is 0. The Morgan fingerprint density at radius 2 is 2.00 bits per heavy atom. The minimum absolute atomic E-state index is 0.190. The van der Waals surface area contributed by atoms with Gasteiger partial charge >= 0.3 is 0 Å². The molecule has 0 N–H and O–H groups in total. The highest BCUT2D eigenvalue weighted by Gasteiger charge is 2.28. The quantitative estimate of drug-likeness (QED) is 0.585. The zero-order valence-electron chi connectivity index (χ0n) is 8.48. The first-order valence-corrected chi connectivity index (χ1v) is 4.66. The smallest absolute Gasteiger partial charge is 0.159 e. The SMILES string of the molecule is CC(C)C1=CCC(C)(C)CC1=O. The van der Waals surface area contributed by atoms with Gasteiger partial charge in [-0.15, -0.1) is 0 Å². The Morgan fingerprint density at radius 1 is 1.42 bits per heavy atom. The number of ketones is 1. The van der Waals surface area contributed by atoms with E-state index in [-0.39, 0.29) is 5.41 Å². The third-order valence-corrected chi connectivity index (χ3v) is 2.46. The maximum Gasteiger partial charge on any atom is 0.159 e. The summed E-state index contributed by atoms with van der Waals surface area (Å²) < 4.78 is 0. The summed E-state index contributed by atoms with van der Waals surface area (Å²) in [6.45, 7) is 8.47. The van der Waals surface area contributed by atoms with Crippen molar-refractivity contribution in [3.05, 3.63) is 11.6 Å². The number of hydrogen-bond acceptors (Lipinski definition) is 1. The lowest BCUT2D eigenvalue weighted by atomic mass is 9.75. The molecule has 1 aliphatic rings. The van der Waals surface area contributed by atoms with Gasteiger partial charge in [0, 0.05) is 6.42 Å². The van der Waals surface area contributed by atoms with Crippen molar-refractivity contribution in [1.29, 1.82) is 0 Å². The second-order valence-corrected chi connectivity index (χ2v) is 4.78. The van der Waals surface area contributed by atoms with Crippen molar-refractivity contribution in [2.45, 2.75) is 40.5 Å². The summed E-state index contributed by atoms with van der Waals surface area (Å²) in [5.74, 6) is 0.745. The van der Waals surface area contributed by atoms with E-state index in [1.807, 2.05) is 0 Å². The van der Waals surface area contributed by atoms with Crippen LogP contribution in [0.4, 0.5) is 0 Å². The van der Waals surface area contributed by atoms with Gasteiger partial charge in [0.25, 0.3) is 0 Å². The Bertz CT molecular complexity index is 221. The van der Waals surface area contributed by atoms with Gasteiger partial charge < -0.3 is 0 Å². The Labute approximate surface area is 74.9 Å². The van der Waals surface area contributed by atoms with E-state index >= 15 is 0 Å². The van der Waals surface area contributed by atoms with Crippen LogP contribution in [0.1, 0.15) is 40.5 Å². The average Bonchev–Trinajstić information content (AvgIpc) is 1.83. The molecular weight excluding hydrogens is 148 g/mol. The van der Waals surface area contributed by atoms with E-state index in [1.54, 1.807) is 0 Å². The van der Waals surface area contributed by atoms with E-state index in [0.29, 0.717) is 11.7 Å². The number of allylic oxidation sites excluding steroid dienone is 2. The van der Waals surface area contributed by atoms with Gasteiger partial charge in [0.15, 0.2) is 5.78 Å². The third-order valence-electron chi connectivity index (χ3n) is 2.46. The molecule has 68 valence electrons. The van der Waals surface area contributed by atoms with E-state index in [4.69, 9.17) is 0 Å². The highest BCUT2D eigenvalue weighted by Crippen LogP contribution is 2.34. The van der Waals surface area contributed by atoms with E-state index in [1.165, 1.54) is 0 Å². The van der Waals surface area contributed by atoms with Gasteiger partial charge in [-0.05, 0) is 23.3 Å². The lowest BCUT2D eigenvalue weighted by Gasteiger charge is -2.28. The van der Waals surface area contributed by atoms with Gasteiger partial charge in [0.2, 0.25) is 0 Å². The maximum absolute atomic E-state index is 11.6. The fourth-order valence-electron chi connectivity index (χ4n) is 1.67. The average molecular weight is 166 g/mol. The molecule has 1 rings (SSSR count). The standard InChI is InChI=1S/C11H18O/c1-8(2)9-5-6-11(3,4)7-10(9)12/h5,8H,6-7H2,1-4H3. The molecule has 0 spiro atoms. The minimum Gasteiger partial charge on any atom is -0.295 e. The molecule has 0 amide bonds. The number of carbonyl (C=O) groups excluding carboxylic acids is 1. The summed E-state index contributed by atoms with van der Waals surface area (Å²) in [7, 11) is 0. The molecule has 12 heavy (non-hydrogen) atoms. The van der Waals surface area contributed by atoms with Gasteiger partial charge in [-0.25, -0.2) is 0 Å². The summed E-state index contributed by atoms with van der Waals surface area (Å²) in [6, 6.07) is 0. The molecule has 0 radical (unpaired) electrons. The molecule has 0 fully saturated rings. The Morgan fingerprint density at radius 3 is 2.42 bits per heavy atom. The first-order valence-electron chi connectivity index (χ1n) is 4.66. The van der Waals surface area contributed by atoms with Crippen LogP contribution in [-0.2, 0) is 4.79 Å². The molecule has 0 aromatic heterocycles. The first-order chi connectivity index (χ1) is 5.42. The molecule has 1 nitrogen and oxygen atoms in total. The summed E-state index contributed by atoms with van der Waals surface area (Å²) in [6.07, 6.45) is 3.89. The fourth-order valence-corrected chi connectivity index (χ4v) is 1.67. The molecule has 0 bridgehead atoms. The van der Waals surface area contributed by atoms with Crippen molar-refractivity contribution in [2.75, 3.05) is 0 Å². The molecule has 0 saturated carbocycles. The second-order valence-electron chi connectivity index (χ2n) is 4.78. The van der Waals surface area contributed by atoms with E-state index in [9.17, 15) is 4.79 Å². The van der Waals surface area contributed by atoms with Gasteiger partial charge in [-0.2, -0.15) is 0 Å². The highest BCUT2D eigenvalue weighted by molar-refractivity contribution is 5.96. The lowest BCUT2D eigenvalue weighted by molar-refractivity contribution is -0.118. The molecule has 0 aromatic rings. The van der Waals surface area contributed by atoms with Crippen molar-refractivity contribution < 1.29 is 4.79 Å². The fraction of sp³-hybridized carbons (Fsp3) is 0.727. The normalized spacial score (nSPS) is 22.8. The maximum atomic E-state index is 11.6. The molecule has 0 heterocycles. The predicted molar refractivity (Wildman–Crippen MR) is 50.9 cm³/mol. The van der Waals surface area contributed by atoms with Crippen molar-refractivity contribution >= 4 is 5.78 Å². The van der Waals surface area contributed by atoms with Crippen molar-refractivity contribution in [1.82, 2.24) is 0 Å². The molecule has 1 heteroatoms. The summed E-state index contributed by atoms with van der Waals surface area (Å²) in [4.78, 5) is 11.6. The largest absolute Gasteiger partial charge is 0.295 e. The summed E-state index contributed by atoms with van der Waals surface area (Å²) >= 11 is 0. The van der Waals surface area contributed by atoms with E-state index in [2.05, 4.69) is 33.8 Å². The minimum atomic E-state index is 0.190. The molecule has 1 aliphatic carbocycles. The molecule has 0 unspecified atom stereocenters. The van der Waals surface area contributed by atoms with Crippen LogP contribution in [0.15, 0.2) is 11.6 Å². The Balaban J connectivity index is 2.82. The van der Waals surface area contributed by atoms with Crippen molar-refractivity contribution in [2.24, 2.45) is 11.3 Å². The van der Waals surface area contributed by atoms with Crippen LogP contribution >= 0.6 is 0 Å². The third kappa shape index (κ3) is 1.96. The van der Waals surface area contributed by atoms with Crippen LogP contribution in [0.25, 0.3) is 0 Å². The molecule has 0 saturated heterocycles. The van der Waals surface area contributed by atoms with E-state index < -0.39 is 0 Å². The van der Waals surface area contributed by atoms with Crippen LogP contribution in [0, 0.1) is 11.3 Å². The van der Waals surface area contributed by atoms with Gasteiger partial charge in [-0.3, -0.25) is 4.79 Å². The number of hydrogen-bond donors (Lipinski definition) is 0. The zero-order chi connectivity index (χ0) is 9.35. The molecule has 0 aromatic carbocycles. The highest BCUT2D eigenvalue weighted by atomic mass is 16.1. The van der Waals surface area contributed by atoms with Gasteiger partial charge in [0.05, 0.1) is 0 Å². The second kappa shape index (κ2) is 3.04. The monoisotopic (exact) mass is 166 g/mol. The predicted octanol–water partition coefficient (Wildman–Crippen LogP) is 2.96. The van der Waals surface area contributed by atoms with Gasteiger partial charge in [0.1, 0.15) is 0 Å². The zero-order valence-corrected chi connectivity index (χ0v) is 8.48. The van der Waals surface area contributed by atoms with Gasteiger partial charge in [-0.1, -0.05) is 33.8 Å². The summed E-state index contributed by atoms with van der Waals surface area (Å²) in [5.41, 5.74) is 1.23. The Kier molecular flexibility index (Phi) is 2.41. The van der Waals surface area contributed by atoms with Crippen LogP contribution in [0.5, 0.6) is 0 Å². The van der Waals surface area contributed by atoms with Crippen LogP contribution in [0.2, 0.25) is 0 Å². The lowest BCUT2D eigenvalue weighted by Crippen LogP contribution is -2.24. The van der Waals surface area contributed by atoms with E-state index in [0.717, 1.165) is 18.4 Å². The first kappa shape index (κ1) is 9.50. The van der Waals surface area contributed by atoms with Crippen LogP contribution in [-0.4, -0.2) is 5.78 Å². The number of Topliss-reactive ketones (excluding diaryl/α,β-unsaturated/α-hetero) is 1. The van der Waals surface area contributed by atoms with Crippen molar-refractivity contribution in [3.8, 4) is 0 Å². The Hall–Kier alpha value is -0.590. The topological polar surface area (TPSA) is 17.1 Å². The van der Waals surface area contributed by atoms with Crippen LogP contribution < -0.4 is 0 Å². The van der Waals surface area contributed by atoms with Crippen LogP contribution in [0.3, 0.4) is 0 Å². The molecule has 0 aliphatic heterocycles. The van der Waals surface area contributed by atoms with Crippen molar-refractivity contribution in [3.63, 3.8) is 0 Å².